The molecule has 0 amide bonds. The standard InChI is InChI=1S/C25H28N4O3/c1-3-32-25(31)24-22(17-23(30)29(26-24)21-12-8-7-9-19(21)2)28-15-13-27(14-16-28)18-20-10-5-4-6-11-20/h4-12,17H,3,13-16,18H2,1-2H3. The van der Waals surface area contributed by atoms with Gasteiger partial charge in [-0.2, -0.15) is 9.78 Å². The van der Waals surface area contributed by atoms with Crippen molar-refractivity contribution in [3.8, 4) is 5.69 Å². The molecule has 0 unspecified atom stereocenters. The molecule has 1 aliphatic heterocycles. The number of hydrogen-bond acceptors (Lipinski definition) is 6. The zero-order valence-electron chi connectivity index (χ0n) is 18.5. The van der Waals surface area contributed by atoms with E-state index >= 15 is 0 Å². The summed E-state index contributed by atoms with van der Waals surface area (Å²) in [6.07, 6.45) is 0. The number of ether oxygens (including phenoxy) is 1. The second kappa shape index (κ2) is 9.78. The van der Waals surface area contributed by atoms with Gasteiger partial charge in [0.2, 0.25) is 0 Å². The highest BCUT2D eigenvalue weighted by molar-refractivity contribution is 5.93. The Hall–Kier alpha value is -3.45. The summed E-state index contributed by atoms with van der Waals surface area (Å²) in [4.78, 5) is 30.2. The van der Waals surface area contributed by atoms with Crippen molar-refractivity contribution in [1.82, 2.24) is 14.7 Å². The lowest BCUT2D eigenvalue weighted by atomic mass is 10.2. The summed E-state index contributed by atoms with van der Waals surface area (Å²) in [7, 11) is 0. The van der Waals surface area contributed by atoms with Gasteiger partial charge in [0.15, 0.2) is 5.69 Å². The highest BCUT2D eigenvalue weighted by Gasteiger charge is 2.25. The Morgan fingerprint density at radius 2 is 1.66 bits per heavy atom. The second-order valence-electron chi connectivity index (χ2n) is 7.88. The quantitative estimate of drug-likeness (QED) is 0.558. The molecule has 0 radical (unpaired) electrons. The maximum Gasteiger partial charge on any atom is 0.360 e. The average molecular weight is 433 g/mol. The molecule has 166 valence electrons. The summed E-state index contributed by atoms with van der Waals surface area (Å²) >= 11 is 0. The van der Waals surface area contributed by atoms with Crippen molar-refractivity contribution in [2.24, 2.45) is 0 Å². The molecule has 0 saturated carbocycles. The van der Waals surface area contributed by atoms with Gasteiger partial charge in [0.1, 0.15) is 0 Å². The predicted octanol–water partition coefficient (Wildman–Crippen LogP) is 3.04. The highest BCUT2D eigenvalue weighted by atomic mass is 16.5. The highest BCUT2D eigenvalue weighted by Crippen LogP contribution is 2.22. The molecule has 0 spiro atoms. The minimum absolute atomic E-state index is 0.172. The Morgan fingerprint density at radius 1 is 0.969 bits per heavy atom. The smallest absolute Gasteiger partial charge is 0.360 e. The first-order chi connectivity index (χ1) is 15.6. The summed E-state index contributed by atoms with van der Waals surface area (Å²) in [6.45, 7) is 7.87. The Bertz CT molecular complexity index is 1140. The molecule has 1 aromatic heterocycles. The number of aromatic nitrogens is 2. The fraction of sp³-hybridized carbons (Fsp3) is 0.320. The van der Waals surface area contributed by atoms with E-state index in [4.69, 9.17) is 4.74 Å². The average Bonchev–Trinajstić information content (AvgIpc) is 2.81. The Kier molecular flexibility index (Phi) is 6.66. The van der Waals surface area contributed by atoms with Crippen LogP contribution in [0.1, 0.15) is 28.5 Å². The topological polar surface area (TPSA) is 67.7 Å². The van der Waals surface area contributed by atoms with E-state index in [1.54, 1.807) is 6.92 Å². The van der Waals surface area contributed by atoms with Gasteiger partial charge in [-0.25, -0.2) is 4.79 Å². The lowest BCUT2D eigenvalue weighted by Gasteiger charge is -2.36. The predicted molar refractivity (Wildman–Crippen MR) is 124 cm³/mol. The molecule has 7 heteroatoms. The Morgan fingerprint density at radius 3 is 2.34 bits per heavy atom. The number of piperazine rings is 1. The van der Waals surface area contributed by atoms with E-state index in [-0.39, 0.29) is 17.9 Å². The molecule has 4 rings (SSSR count). The van der Waals surface area contributed by atoms with Gasteiger partial charge in [-0.1, -0.05) is 48.5 Å². The van der Waals surface area contributed by atoms with Crippen molar-refractivity contribution < 1.29 is 9.53 Å². The van der Waals surface area contributed by atoms with E-state index in [0.717, 1.165) is 25.2 Å². The molecule has 32 heavy (non-hydrogen) atoms. The van der Waals surface area contributed by atoms with E-state index in [0.29, 0.717) is 24.5 Å². The summed E-state index contributed by atoms with van der Waals surface area (Å²) in [5.41, 5.74) is 3.27. The van der Waals surface area contributed by atoms with Gasteiger partial charge in [0.05, 0.1) is 18.0 Å². The first-order valence-corrected chi connectivity index (χ1v) is 11.0. The Balaban J connectivity index is 1.61. The lowest BCUT2D eigenvalue weighted by molar-refractivity contribution is 0.0517. The van der Waals surface area contributed by atoms with Crippen LogP contribution in [-0.2, 0) is 11.3 Å². The molecule has 7 nitrogen and oxygen atoms in total. The molecule has 0 bridgehead atoms. The third-order valence-electron chi connectivity index (χ3n) is 5.69. The van der Waals surface area contributed by atoms with Gasteiger partial charge >= 0.3 is 5.97 Å². The third kappa shape index (κ3) is 4.73. The Labute approximate surface area is 187 Å². The number of hydrogen-bond donors (Lipinski definition) is 0. The van der Waals surface area contributed by atoms with Gasteiger partial charge in [0, 0.05) is 38.8 Å². The van der Waals surface area contributed by atoms with Gasteiger partial charge < -0.3 is 9.64 Å². The summed E-state index contributed by atoms with van der Waals surface area (Å²) in [5.74, 6) is -0.517. The van der Waals surface area contributed by atoms with E-state index in [1.165, 1.54) is 16.3 Å². The number of para-hydroxylation sites is 1. The molecule has 1 aliphatic rings. The van der Waals surface area contributed by atoms with Crippen LogP contribution >= 0.6 is 0 Å². The minimum Gasteiger partial charge on any atom is -0.461 e. The maximum absolute atomic E-state index is 13.0. The SMILES string of the molecule is CCOC(=O)c1nn(-c2ccccc2C)c(=O)cc1N1CCN(Cc2ccccc2)CC1. The van der Waals surface area contributed by atoms with Crippen molar-refractivity contribution in [2.45, 2.75) is 20.4 Å². The number of esters is 1. The summed E-state index contributed by atoms with van der Waals surface area (Å²) < 4.78 is 6.56. The maximum atomic E-state index is 13.0. The van der Waals surface area contributed by atoms with Crippen LogP contribution in [0.25, 0.3) is 5.69 Å². The van der Waals surface area contributed by atoms with Crippen LogP contribution in [0.2, 0.25) is 0 Å². The molecule has 3 aromatic rings. The lowest BCUT2D eigenvalue weighted by Crippen LogP contribution is -2.47. The van der Waals surface area contributed by atoms with E-state index in [1.807, 2.05) is 49.4 Å². The van der Waals surface area contributed by atoms with Gasteiger partial charge in [-0.05, 0) is 31.0 Å². The zero-order chi connectivity index (χ0) is 22.5. The molecular formula is C25H28N4O3. The van der Waals surface area contributed by atoms with Crippen LogP contribution in [0.4, 0.5) is 5.69 Å². The van der Waals surface area contributed by atoms with Crippen LogP contribution in [0.3, 0.4) is 0 Å². The number of aryl methyl sites for hydroxylation is 1. The van der Waals surface area contributed by atoms with Gasteiger partial charge in [-0.3, -0.25) is 9.69 Å². The van der Waals surface area contributed by atoms with Crippen molar-refractivity contribution in [2.75, 3.05) is 37.7 Å². The number of rotatable bonds is 6. The number of nitrogens with zero attached hydrogens (tertiary/aromatic N) is 4. The normalized spacial score (nSPS) is 14.4. The van der Waals surface area contributed by atoms with Crippen molar-refractivity contribution in [3.05, 3.63) is 87.8 Å². The first-order valence-electron chi connectivity index (χ1n) is 11.0. The number of carbonyl (C=O) groups is 1. The van der Waals surface area contributed by atoms with Crippen LogP contribution in [0.15, 0.2) is 65.5 Å². The van der Waals surface area contributed by atoms with Gasteiger partial charge in [0.25, 0.3) is 5.56 Å². The number of benzene rings is 2. The van der Waals surface area contributed by atoms with Crippen LogP contribution in [0, 0.1) is 6.92 Å². The van der Waals surface area contributed by atoms with Crippen LogP contribution < -0.4 is 10.5 Å². The molecule has 1 saturated heterocycles. The van der Waals surface area contributed by atoms with Crippen molar-refractivity contribution >= 4 is 11.7 Å². The third-order valence-corrected chi connectivity index (χ3v) is 5.69. The molecule has 2 heterocycles. The number of carbonyl (C=O) groups excluding carboxylic acids is 1. The second-order valence-corrected chi connectivity index (χ2v) is 7.88. The largest absolute Gasteiger partial charge is 0.461 e. The van der Waals surface area contributed by atoms with E-state index < -0.39 is 5.97 Å². The van der Waals surface area contributed by atoms with Crippen LogP contribution in [-0.4, -0.2) is 53.4 Å². The first kappa shape index (κ1) is 21.8. The van der Waals surface area contributed by atoms with Crippen LogP contribution in [0.5, 0.6) is 0 Å². The molecule has 0 aliphatic carbocycles. The molecule has 2 aromatic carbocycles. The number of anilines is 1. The fourth-order valence-electron chi connectivity index (χ4n) is 4.00. The minimum atomic E-state index is -0.517. The molecule has 0 N–H and O–H groups in total. The zero-order valence-corrected chi connectivity index (χ0v) is 18.5. The summed E-state index contributed by atoms with van der Waals surface area (Å²) in [5, 5.41) is 4.46. The van der Waals surface area contributed by atoms with Crippen molar-refractivity contribution in [1.29, 1.82) is 0 Å². The fourth-order valence-corrected chi connectivity index (χ4v) is 4.00. The van der Waals surface area contributed by atoms with Gasteiger partial charge in [-0.15, -0.1) is 0 Å². The molecule has 0 atom stereocenters. The molecular weight excluding hydrogens is 404 g/mol. The summed E-state index contributed by atoms with van der Waals surface area (Å²) in [6, 6.07) is 19.4. The van der Waals surface area contributed by atoms with E-state index in [2.05, 4.69) is 27.0 Å². The monoisotopic (exact) mass is 432 g/mol. The molecule has 1 fully saturated rings. The van der Waals surface area contributed by atoms with Crippen molar-refractivity contribution in [3.63, 3.8) is 0 Å². The van der Waals surface area contributed by atoms with E-state index in [9.17, 15) is 9.59 Å².